The van der Waals surface area contributed by atoms with Crippen LogP contribution in [0.15, 0.2) is 54.6 Å². The minimum absolute atomic E-state index is 0.0400. The van der Waals surface area contributed by atoms with Gasteiger partial charge in [0, 0.05) is 26.6 Å². The zero-order valence-corrected chi connectivity index (χ0v) is 17.1. The Labute approximate surface area is 175 Å². The first-order chi connectivity index (χ1) is 14.4. The number of amides is 1. The van der Waals surface area contributed by atoms with E-state index in [2.05, 4.69) is 10.2 Å². The lowest BCUT2D eigenvalue weighted by molar-refractivity contribution is -0.140. The zero-order valence-electron chi connectivity index (χ0n) is 17.1. The van der Waals surface area contributed by atoms with Gasteiger partial charge < -0.3 is 15.3 Å². The molecule has 2 atom stereocenters. The molecular weight excluding hydrogens is 383 g/mol. The summed E-state index contributed by atoms with van der Waals surface area (Å²) in [4.78, 5) is 26.2. The number of rotatable bonds is 6. The molecular formula is C24H27FN2O3. The Kier molecular flexibility index (Phi) is 5.36. The maximum absolute atomic E-state index is 13.7. The van der Waals surface area contributed by atoms with Gasteiger partial charge in [-0.1, -0.05) is 42.5 Å². The largest absolute Gasteiger partial charge is 0.481 e. The Bertz CT molecular complexity index is 940. The van der Waals surface area contributed by atoms with Crippen LogP contribution in [0.1, 0.15) is 37.3 Å². The van der Waals surface area contributed by atoms with Gasteiger partial charge in [0.25, 0.3) is 0 Å². The van der Waals surface area contributed by atoms with E-state index in [0.29, 0.717) is 18.5 Å². The van der Waals surface area contributed by atoms with E-state index < -0.39 is 17.2 Å². The molecule has 30 heavy (non-hydrogen) atoms. The normalized spacial score (nSPS) is 25.5. The third-order valence-electron chi connectivity index (χ3n) is 6.76. The van der Waals surface area contributed by atoms with Crippen LogP contribution < -0.4 is 5.32 Å². The fraction of sp³-hybridized carbons (Fsp3) is 0.417. The van der Waals surface area contributed by atoms with Crippen molar-refractivity contribution in [2.75, 3.05) is 19.6 Å². The van der Waals surface area contributed by atoms with E-state index in [1.807, 2.05) is 30.3 Å². The number of aliphatic carboxylic acids is 1. The van der Waals surface area contributed by atoms with E-state index in [0.717, 1.165) is 31.5 Å². The van der Waals surface area contributed by atoms with Gasteiger partial charge in [-0.2, -0.15) is 0 Å². The van der Waals surface area contributed by atoms with Crippen LogP contribution in [0.5, 0.6) is 0 Å². The number of benzene rings is 2. The molecule has 5 nitrogen and oxygen atoms in total. The van der Waals surface area contributed by atoms with Crippen LogP contribution in [-0.4, -0.2) is 41.5 Å². The lowest BCUT2D eigenvalue weighted by Gasteiger charge is -2.43. The number of nitrogens with one attached hydrogen (secondary N) is 1. The molecule has 1 aliphatic heterocycles. The van der Waals surface area contributed by atoms with Crippen molar-refractivity contribution in [2.45, 2.75) is 37.1 Å². The Morgan fingerprint density at radius 2 is 1.77 bits per heavy atom. The van der Waals surface area contributed by atoms with Crippen LogP contribution in [0.3, 0.4) is 0 Å². The molecule has 0 spiro atoms. The first-order valence-electron chi connectivity index (χ1n) is 10.4. The molecule has 1 saturated carbocycles. The SMILES string of the molecule is CC(=O)NC1(c2ccccc2)CCN(C[C@@H]2C[C@@]2(C(=O)O)c2cccc(F)c2)CC1. The van der Waals surface area contributed by atoms with Crippen LogP contribution in [-0.2, 0) is 20.5 Å². The minimum Gasteiger partial charge on any atom is -0.481 e. The Hall–Kier alpha value is -2.73. The van der Waals surface area contributed by atoms with E-state index in [9.17, 15) is 19.1 Å². The molecule has 2 aliphatic rings. The van der Waals surface area contributed by atoms with E-state index in [1.54, 1.807) is 19.1 Å². The molecule has 1 aliphatic carbocycles. The maximum Gasteiger partial charge on any atom is 0.314 e. The van der Waals surface area contributed by atoms with Crippen molar-refractivity contribution >= 4 is 11.9 Å². The van der Waals surface area contributed by atoms with Gasteiger partial charge in [-0.05, 0) is 48.4 Å². The average Bonchev–Trinajstić information content (AvgIpc) is 3.45. The fourth-order valence-corrected chi connectivity index (χ4v) is 5.06. The number of halogens is 1. The molecule has 0 aromatic heterocycles. The number of hydrogen-bond donors (Lipinski definition) is 2. The highest BCUT2D eigenvalue weighted by Crippen LogP contribution is 2.55. The zero-order chi connectivity index (χ0) is 21.4. The predicted octanol–water partition coefficient (Wildman–Crippen LogP) is 3.30. The van der Waals surface area contributed by atoms with Crippen LogP contribution in [0.25, 0.3) is 0 Å². The average molecular weight is 410 g/mol. The summed E-state index contributed by atoms with van der Waals surface area (Å²) in [6.07, 6.45) is 2.06. The van der Waals surface area contributed by atoms with E-state index in [4.69, 9.17) is 0 Å². The molecule has 2 aromatic carbocycles. The minimum atomic E-state index is -0.992. The summed E-state index contributed by atoms with van der Waals surface area (Å²) in [5.41, 5.74) is 0.271. The quantitative estimate of drug-likeness (QED) is 0.767. The summed E-state index contributed by atoms with van der Waals surface area (Å²) < 4.78 is 13.7. The molecule has 1 heterocycles. The number of carboxylic acid groups (broad SMARTS) is 1. The van der Waals surface area contributed by atoms with Crippen LogP contribution in [0.4, 0.5) is 4.39 Å². The summed E-state index contributed by atoms with van der Waals surface area (Å²) in [7, 11) is 0. The van der Waals surface area contributed by atoms with Gasteiger partial charge in [0.15, 0.2) is 0 Å². The number of carbonyl (C=O) groups is 2. The number of piperidine rings is 1. The molecule has 158 valence electrons. The number of likely N-dealkylation sites (tertiary alicyclic amines) is 1. The van der Waals surface area contributed by atoms with Gasteiger partial charge in [-0.25, -0.2) is 4.39 Å². The molecule has 4 rings (SSSR count). The molecule has 1 amide bonds. The second kappa shape index (κ2) is 7.84. The van der Waals surface area contributed by atoms with Crippen LogP contribution in [0.2, 0.25) is 0 Å². The van der Waals surface area contributed by atoms with Crippen molar-refractivity contribution in [1.82, 2.24) is 10.2 Å². The van der Waals surface area contributed by atoms with Crippen LogP contribution >= 0.6 is 0 Å². The first kappa shape index (κ1) is 20.5. The summed E-state index contributed by atoms with van der Waals surface area (Å²) in [6.45, 7) is 3.74. The Balaban J connectivity index is 1.46. The van der Waals surface area contributed by atoms with Crippen LogP contribution in [0, 0.1) is 11.7 Å². The predicted molar refractivity (Wildman–Crippen MR) is 111 cm³/mol. The van der Waals surface area contributed by atoms with E-state index >= 15 is 0 Å². The highest BCUT2D eigenvalue weighted by Gasteiger charge is 2.62. The van der Waals surface area contributed by atoms with E-state index in [-0.39, 0.29) is 17.4 Å². The van der Waals surface area contributed by atoms with Gasteiger partial charge in [0.1, 0.15) is 5.82 Å². The number of nitrogens with zero attached hydrogens (tertiary/aromatic N) is 1. The van der Waals surface area contributed by atoms with E-state index in [1.165, 1.54) is 12.1 Å². The molecule has 6 heteroatoms. The van der Waals surface area contributed by atoms with Crippen molar-refractivity contribution < 1.29 is 19.1 Å². The maximum atomic E-state index is 13.7. The molecule has 2 N–H and O–H groups in total. The molecule has 0 radical (unpaired) electrons. The monoisotopic (exact) mass is 410 g/mol. The van der Waals surface area contributed by atoms with Gasteiger partial charge in [0.2, 0.25) is 5.91 Å². The smallest absolute Gasteiger partial charge is 0.314 e. The van der Waals surface area contributed by atoms with Crippen molar-refractivity contribution in [3.8, 4) is 0 Å². The topological polar surface area (TPSA) is 69.6 Å². The summed E-state index contributed by atoms with van der Waals surface area (Å²) in [5, 5.41) is 13.1. The Morgan fingerprint density at radius 1 is 1.10 bits per heavy atom. The van der Waals surface area contributed by atoms with Gasteiger partial charge in [-0.3, -0.25) is 9.59 Å². The lowest BCUT2D eigenvalue weighted by Crippen LogP contribution is -2.53. The first-order valence-corrected chi connectivity index (χ1v) is 10.4. The van der Waals surface area contributed by atoms with Gasteiger partial charge >= 0.3 is 5.97 Å². The number of carbonyl (C=O) groups excluding carboxylic acids is 1. The molecule has 2 aromatic rings. The third-order valence-corrected chi connectivity index (χ3v) is 6.76. The van der Waals surface area contributed by atoms with Crippen molar-refractivity contribution in [3.05, 3.63) is 71.5 Å². The number of hydrogen-bond acceptors (Lipinski definition) is 3. The highest BCUT2D eigenvalue weighted by atomic mass is 19.1. The fourth-order valence-electron chi connectivity index (χ4n) is 5.06. The second-order valence-corrected chi connectivity index (χ2v) is 8.62. The summed E-state index contributed by atoms with van der Waals surface area (Å²) in [5.74, 6) is -1.38. The molecule has 0 unspecified atom stereocenters. The number of carboxylic acids is 1. The summed E-state index contributed by atoms with van der Waals surface area (Å²) in [6, 6.07) is 16.0. The standard InChI is InChI=1S/C24H27FN2O3/c1-17(28)26-23(18-6-3-2-4-7-18)10-12-27(13-11-23)16-20-15-24(20,22(29)30)19-8-5-9-21(25)14-19/h2-9,14,20H,10-13,15-16H2,1H3,(H,26,28)(H,29,30)/t20-,24+/m0/s1. The second-order valence-electron chi connectivity index (χ2n) is 8.62. The third kappa shape index (κ3) is 3.72. The molecule has 2 fully saturated rings. The molecule has 1 saturated heterocycles. The van der Waals surface area contributed by atoms with Gasteiger partial charge in [0.05, 0.1) is 11.0 Å². The summed E-state index contributed by atoms with van der Waals surface area (Å²) >= 11 is 0. The van der Waals surface area contributed by atoms with Crippen molar-refractivity contribution in [1.29, 1.82) is 0 Å². The highest BCUT2D eigenvalue weighted by molar-refractivity contribution is 5.86. The van der Waals surface area contributed by atoms with Gasteiger partial charge in [-0.15, -0.1) is 0 Å². The molecule has 0 bridgehead atoms. The van der Waals surface area contributed by atoms with Crippen molar-refractivity contribution in [2.24, 2.45) is 5.92 Å². The van der Waals surface area contributed by atoms with Crippen molar-refractivity contribution in [3.63, 3.8) is 0 Å². The Morgan fingerprint density at radius 3 is 2.37 bits per heavy atom. The lowest BCUT2D eigenvalue weighted by atomic mass is 9.80.